The summed E-state index contributed by atoms with van der Waals surface area (Å²) in [6.07, 6.45) is 1.13. The Hall–Kier alpha value is -1.67. The van der Waals surface area contributed by atoms with Crippen molar-refractivity contribution in [1.82, 2.24) is 10.3 Å². The molecule has 0 saturated heterocycles. The molecule has 1 aromatic carbocycles. The van der Waals surface area contributed by atoms with Gasteiger partial charge in [-0.05, 0) is 57.0 Å². The average Bonchev–Trinajstić information content (AvgIpc) is 2.40. The SMILES string of the molecule is CCCNC(c1ccc(C)cc1)c1cc(C)nc(C)c1. The Balaban J connectivity index is 2.38. The maximum atomic E-state index is 4.48. The van der Waals surface area contributed by atoms with E-state index < -0.39 is 0 Å². The number of nitrogens with zero attached hydrogens (tertiary/aromatic N) is 1. The molecular formula is C18H24N2. The monoisotopic (exact) mass is 268 g/mol. The van der Waals surface area contributed by atoms with Gasteiger partial charge >= 0.3 is 0 Å². The molecule has 1 unspecified atom stereocenters. The molecule has 20 heavy (non-hydrogen) atoms. The van der Waals surface area contributed by atoms with Crippen LogP contribution in [0.15, 0.2) is 36.4 Å². The zero-order valence-corrected chi connectivity index (χ0v) is 12.9. The molecule has 0 aliphatic rings. The molecule has 2 aromatic rings. The Morgan fingerprint density at radius 3 is 2.10 bits per heavy atom. The molecule has 106 valence electrons. The van der Waals surface area contributed by atoms with E-state index in [4.69, 9.17) is 0 Å². The van der Waals surface area contributed by atoms with E-state index in [1.807, 2.05) is 0 Å². The average molecular weight is 268 g/mol. The van der Waals surface area contributed by atoms with Crippen LogP contribution in [0.2, 0.25) is 0 Å². The highest BCUT2D eigenvalue weighted by Gasteiger charge is 2.14. The molecule has 0 bridgehead atoms. The molecule has 0 aliphatic heterocycles. The van der Waals surface area contributed by atoms with Crippen molar-refractivity contribution >= 4 is 0 Å². The minimum atomic E-state index is 0.246. The normalized spacial score (nSPS) is 12.4. The summed E-state index contributed by atoms with van der Waals surface area (Å²) >= 11 is 0. The fraction of sp³-hybridized carbons (Fsp3) is 0.389. The van der Waals surface area contributed by atoms with E-state index >= 15 is 0 Å². The smallest absolute Gasteiger partial charge is 0.0578 e. The van der Waals surface area contributed by atoms with E-state index in [2.05, 4.69) is 74.4 Å². The van der Waals surface area contributed by atoms with Gasteiger partial charge in [-0.15, -0.1) is 0 Å². The summed E-state index contributed by atoms with van der Waals surface area (Å²) in [5.74, 6) is 0. The molecule has 2 rings (SSSR count). The van der Waals surface area contributed by atoms with Crippen molar-refractivity contribution in [2.75, 3.05) is 6.54 Å². The molecule has 1 aromatic heterocycles. The number of aromatic nitrogens is 1. The first-order chi connectivity index (χ1) is 9.60. The minimum Gasteiger partial charge on any atom is -0.306 e. The maximum Gasteiger partial charge on any atom is 0.0578 e. The van der Waals surface area contributed by atoms with Gasteiger partial charge in [-0.3, -0.25) is 4.98 Å². The Morgan fingerprint density at radius 2 is 1.55 bits per heavy atom. The highest BCUT2D eigenvalue weighted by molar-refractivity contribution is 5.34. The van der Waals surface area contributed by atoms with Gasteiger partial charge in [-0.1, -0.05) is 36.8 Å². The molecule has 0 spiro atoms. The van der Waals surface area contributed by atoms with Crippen molar-refractivity contribution in [1.29, 1.82) is 0 Å². The van der Waals surface area contributed by atoms with Crippen molar-refractivity contribution < 1.29 is 0 Å². The molecule has 1 atom stereocenters. The summed E-state index contributed by atoms with van der Waals surface area (Å²) in [6, 6.07) is 13.4. The summed E-state index contributed by atoms with van der Waals surface area (Å²) in [4.78, 5) is 4.48. The molecule has 1 N–H and O–H groups in total. The third kappa shape index (κ3) is 3.67. The molecule has 0 aliphatic carbocycles. The van der Waals surface area contributed by atoms with Gasteiger partial charge in [-0.2, -0.15) is 0 Å². The van der Waals surface area contributed by atoms with Crippen LogP contribution in [-0.4, -0.2) is 11.5 Å². The van der Waals surface area contributed by atoms with Gasteiger partial charge in [0.2, 0.25) is 0 Å². The number of hydrogen-bond acceptors (Lipinski definition) is 2. The van der Waals surface area contributed by atoms with Gasteiger partial charge in [0, 0.05) is 11.4 Å². The summed E-state index contributed by atoms with van der Waals surface area (Å²) in [5, 5.41) is 3.65. The Labute approximate surface area is 122 Å². The minimum absolute atomic E-state index is 0.246. The van der Waals surface area contributed by atoms with E-state index in [0.717, 1.165) is 24.4 Å². The summed E-state index contributed by atoms with van der Waals surface area (Å²) < 4.78 is 0. The standard InChI is InChI=1S/C18H24N2/c1-5-10-19-18(16-8-6-13(2)7-9-16)17-11-14(3)20-15(4)12-17/h6-9,11-12,18-19H,5,10H2,1-4H3. The largest absolute Gasteiger partial charge is 0.306 e. The molecule has 2 heteroatoms. The van der Waals surface area contributed by atoms with Crippen molar-refractivity contribution in [3.8, 4) is 0 Å². The number of hydrogen-bond donors (Lipinski definition) is 1. The first kappa shape index (κ1) is 14.7. The van der Waals surface area contributed by atoms with Crippen LogP contribution in [0.3, 0.4) is 0 Å². The summed E-state index contributed by atoms with van der Waals surface area (Å²) in [6.45, 7) is 9.45. The molecule has 2 nitrogen and oxygen atoms in total. The molecule has 0 radical (unpaired) electrons. The number of aryl methyl sites for hydroxylation is 3. The Kier molecular flexibility index (Phi) is 4.91. The topological polar surface area (TPSA) is 24.9 Å². The van der Waals surface area contributed by atoms with Crippen LogP contribution in [0.4, 0.5) is 0 Å². The van der Waals surface area contributed by atoms with E-state index in [0.29, 0.717) is 0 Å². The van der Waals surface area contributed by atoms with Crippen molar-refractivity contribution in [2.24, 2.45) is 0 Å². The van der Waals surface area contributed by atoms with E-state index in [-0.39, 0.29) is 6.04 Å². The first-order valence-electron chi connectivity index (χ1n) is 7.35. The molecule has 1 heterocycles. The van der Waals surface area contributed by atoms with Crippen LogP contribution >= 0.6 is 0 Å². The van der Waals surface area contributed by atoms with E-state index in [9.17, 15) is 0 Å². The molecule has 0 amide bonds. The van der Waals surface area contributed by atoms with Gasteiger partial charge in [0.15, 0.2) is 0 Å². The lowest BCUT2D eigenvalue weighted by Gasteiger charge is -2.20. The Bertz CT molecular complexity index is 538. The number of benzene rings is 1. The zero-order valence-electron chi connectivity index (χ0n) is 12.9. The maximum absolute atomic E-state index is 4.48. The van der Waals surface area contributed by atoms with Crippen LogP contribution < -0.4 is 5.32 Å². The highest BCUT2D eigenvalue weighted by atomic mass is 14.9. The van der Waals surface area contributed by atoms with Crippen LogP contribution in [0.25, 0.3) is 0 Å². The number of rotatable bonds is 5. The quantitative estimate of drug-likeness (QED) is 0.883. The van der Waals surface area contributed by atoms with Crippen molar-refractivity contribution in [2.45, 2.75) is 40.2 Å². The van der Waals surface area contributed by atoms with E-state index in [1.54, 1.807) is 0 Å². The molecule has 0 fully saturated rings. The summed E-state index contributed by atoms with van der Waals surface area (Å²) in [5.41, 5.74) is 6.07. The third-order valence-corrected chi connectivity index (χ3v) is 3.45. The number of pyridine rings is 1. The van der Waals surface area contributed by atoms with Crippen LogP contribution in [0.5, 0.6) is 0 Å². The fourth-order valence-corrected chi connectivity index (χ4v) is 2.51. The van der Waals surface area contributed by atoms with Crippen molar-refractivity contribution in [3.05, 3.63) is 64.5 Å². The Morgan fingerprint density at radius 1 is 0.950 bits per heavy atom. The number of nitrogens with one attached hydrogen (secondary N) is 1. The lowest BCUT2D eigenvalue weighted by Crippen LogP contribution is -2.23. The third-order valence-electron chi connectivity index (χ3n) is 3.45. The van der Waals surface area contributed by atoms with Crippen LogP contribution in [0, 0.1) is 20.8 Å². The van der Waals surface area contributed by atoms with Gasteiger partial charge < -0.3 is 5.32 Å². The van der Waals surface area contributed by atoms with Gasteiger partial charge in [0.25, 0.3) is 0 Å². The lowest BCUT2D eigenvalue weighted by atomic mass is 9.97. The second-order valence-electron chi connectivity index (χ2n) is 5.48. The molecular weight excluding hydrogens is 244 g/mol. The van der Waals surface area contributed by atoms with Crippen molar-refractivity contribution in [3.63, 3.8) is 0 Å². The second kappa shape index (κ2) is 6.67. The van der Waals surface area contributed by atoms with Gasteiger partial charge in [-0.25, -0.2) is 0 Å². The van der Waals surface area contributed by atoms with Crippen LogP contribution in [-0.2, 0) is 0 Å². The lowest BCUT2D eigenvalue weighted by molar-refractivity contribution is 0.597. The highest BCUT2D eigenvalue weighted by Crippen LogP contribution is 2.23. The second-order valence-corrected chi connectivity index (χ2v) is 5.48. The fourth-order valence-electron chi connectivity index (χ4n) is 2.51. The summed E-state index contributed by atoms with van der Waals surface area (Å²) in [7, 11) is 0. The zero-order chi connectivity index (χ0) is 14.5. The first-order valence-corrected chi connectivity index (χ1v) is 7.35. The predicted molar refractivity (Wildman–Crippen MR) is 85.0 cm³/mol. The van der Waals surface area contributed by atoms with Gasteiger partial charge in [0.1, 0.15) is 0 Å². The molecule has 0 saturated carbocycles. The van der Waals surface area contributed by atoms with E-state index in [1.165, 1.54) is 16.7 Å². The predicted octanol–water partition coefficient (Wildman–Crippen LogP) is 4.10. The van der Waals surface area contributed by atoms with Crippen LogP contribution in [0.1, 0.15) is 47.5 Å². The van der Waals surface area contributed by atoms with Gasteiger partial charge in [0.05, 0.1) is 6.04 Å².